The highest BCUT2D eigenvalue weighted by Crippen LogP contribution is 2.31. The number of hydrogen-bond acceptors (Lipinski definition) is 7. The van der Waals surface area contributed by atoms with Crippen LogP contribution in [0.4, 0.5) is 5.82 Å². The zero-order chi connectivity index (χ0) is 14.1. The Bertz CT molecular complexity index is 681. The van der Waals surface area contributed by atoms with E-state index >= 15 is 0 Å². The number of imidazole rings is 1. The molecule has 1 saturated heterocycles. The van der Waals surface area contributed by atoms with Crippen molar-refractivity contribution in [3.05, 3.63) is 23.1 Å². The van der Waals surface area contributed by atoms with E-state index in [1.54, 1.807) is 4.57 Å². The van der Waals surface area contributed by atoms with Gasteiger partial charge in [-0.15, -0.1) is 0 Å². The molecular formula is C10H11N7O3. The summed E-state index contributed by atoms with van der Waals surface area (Å²) in [6.45, 7) is -0.261. The number of rotatable bonds is 3. The van der Waals surface area contributed by atoms with Gasteiger partial charge in [-0.05, 0) is 10.6 Å². The molecule has 3 unspecified atom stereocenters. The van der Waals surface area contributed by atoms with Crippen LogP contribution >= 0.6 is 0 Å². The second-order valence-electron chi connectivity index (χ2n) is 4.33. The molecule has 0 bridgehead atoms. The number of aliphatic hydroxyl groups excluding tert-OH is 2. The Morgan fingerprint density at radius 2 is 2.35 bits per heavy atom. The predicted octanol–water partition coefficient (Wildman–Crippen LogP) is 0.409. The van der Waals surface area contributed by atoms with E-state index < -0.39 is 18.4 Å². The Kier molecular flexibility index (Phi) is 3.20. The highest BCUT2D eigenvalue weighted by molar-refractivity contribution is 5.80. The van der Waals surface area contributed by atoms with E-state index in [9.17, 15) is 5.11 Å². The summed E-state index contributed by atoms with van der Waals surface area (Å²) in [6.07, 6.45) is 1.20. The first-order chi connectivity index (χ1) is 9.74. The molecule has 1 aliphatic rings. The minimum Gasteiger partial charge on any atom is -0.394 e. The third-order valence-electron chi connectivity index (χ3n) is 3.17. The van der Waals surface area contributed by atoms with Gasteiger partial charge >= 0.3 is 0 Å². The number of ether oxygens (including phenoxy) is 1. The molecular weight excluding hydrogens is 266 g/mol. The lowest BCUT2D eigenvalue weighted by Crippen LogP contribution is -2.24. The zero-order valence-corrected chi connectivity index (χ0v) is 10.2. The van der Waals surface area contributed by atoms with E-state index in [1.807, 2.05) is 0 Å². The quantitative estimate of drug-likeness (QED) is 0.472. The first-order valence-corrected chi connectivity index (χ1v) is 5.91. The molecule has 10 nitrogen and oxygen atoms in total. The van der Waals surface area contributed by atoms with E-state index in [0.717, 1.165) is 0 Å². The van der Waals surface area contributed by atoms with Gasteiger partial charge in [0.05, 0.1) is 19.0 Å². The molecule has 0 aliphatic carbocycles. The van der Waals surface area contributed by atoms with Gasteiger partial charge in [-0.1, -0.05) is 0 Å². The Morgan fingerprint density at radius 1 is 1.50 bits per heavy atom. The summed E-state index contributed by atoms with van der Waals surface area (Å²) < 4.78 is 7.15. The average Bonchev–Trinajstić information content (AvgIpc) is 3.03. The maximum absolute atomic E-state index is 9.75. The van der Waals surface area contributed by atoms with Gasteiger partial charge in [0.25, 0.3) is 0 Å². The van der Waals surface area contributed by atoms with Crippen LogP contribution in [-0.2, 0) is 4.74 Å². The molecule has 3 atom stereocenters. The van der Waals surface area contributed by atoms with Crippen LogP contribution in [0, 0.1) is 0 Å². The van der Waals surface area contributed by atoms with E-state index in [-0.39, 0.29) is 12.4 Å². The first kappa shape index (κ1) is 12.8. The number of fused-ring (bicyclic) bond motifs is 1. The fourth-order valence-corrected chi connectivity index (χ4v) is 2.22. The van der Waals surface area contributed by atoms with Crippen LogP contribution in [0.25, 0.3) is 21.6 Å². The van der Waals surface area contributed by atoms with Crippen LogP contribution in [0.3, 0.4) is 0 Å². The zero-order valence-electron chi connectivity index (χ0n) is 10.2. The summed E-state index contributed by atoms with van der Waals surface area (Å²) in [5.41, 5.74) is 9.28. The third kappa shape index (κ3) is 1.96. The molecule has 3 rings (SSSR count). The van der Waals surface area contributed by atoms with Crippen molar-refractivity contribution in [2.45, 2.75) is 24.9 Å². The highest BCUT2D eigenvalue weighted by atomic mass is 16.5. The summed E-state index contributed by atoms with van der Waals surface area (Å²) in [5.74, 6) is 0.133. The second-order valence-corrected chi connectivity index (χ2v) is 4.33. The van der Waals surface area contributed by atoms with Gasteiger partial charge in [0.15, 0.2) is 11.5 Å². The molecule has 0 radical (unpaired) electrons. The van der Waals surface area contributed by atoms with Crippen LogP contribution in [0.15, 0.2) is 17.8 Å². The Labute approximate surface area is 112 Å². The normalized spacial score (nSPS) is 25.8. The molecule has 20 heavy (non-hydrogen) atoms. The Balaban J connectivity index is 2.02. The van der Waals surface area contributed by atoms with Crippen molar-refractivity contribution in [1.82, 2.24) is 19.5 Å². The Morgan fingerprint density at radius 3 is 3.05 bits per heavy atom. The standard InChI is InChI=1S/C10H11N7O3/c11-16-15-9-8-10(13-3-12-9)17(4-14-8)7-1-5(19)6(2-18)20-7/h3-7,18-19H,1-2H2. The molecule has 2 aromatic rings. The van der Waals surface area contributed by atoms with E-state index in [1.165, 1.54) is 12.7 Å². The van der Waals surface area contributed by atoms with Crippen molar-refractivity contribution >= 4 is 17.0 Å². The highest BCUT2D eigenvalue weighted by Gasteiger charge is 2.35. The van der Waals surface area contributed by atoms with Crippen molar-refractivity contribution in [1.29, 1.82) is 0 Å². The fourth-order valence-electron chi connectivity index (χ4n) is 2.22. The van der Waals surface area contributed by atoms with E-state index in [2.05, 4.69) is 25.0 Å². The topological polar surface area (TPSA) is 142 Å². The van der Waals surface area contributed by atoms with E-state index in [4.69, 9.17) is 15.4 Å². The molecule has 3 heterocycles. The van der Waals surface area contributed by atoms with Gasteiger partial charge in [0, 0.05) is 11.3 Å². The second kappa shape index (κ2) is 5.02. The lowest BCUT2D eigenvalue weighted by molar-refractivity contribution is -0.0432. The largest absolute Gasteiger partial charge is 0.394 e. The lowest BCUT2D eigenvalue weighted by atomic mass is 10.2. The molecule has 104 valence electrons. The maximum atomic E-state index is 9.75. The molecule has 1 aliphatic heterocycles. The number of aliphatic hydroxyl groups is 2. The number of azide groups is 1. The number of nitrogens with zero attached hydrogens (tertiary/aromatic N) is 7. The van der Waals surface area contributed by atoms with Crippen LogP contribution < -0.4 is 0 Å². The molecule has 1 fully saturated rings. The van der Waals surface area contributed by atoms with Gasteiger partial charge in [0.1, 0.15) is 24.2 Å². The van der Waals surface area contributed by atoms with Crippen LogP contribution in [0.2, 0.25) is 0 Å². The average molecular weight is 277 g/mol. The molecule has 0 saturated carbocycles. The molecule has 0 aromatic carbocycles. The molecule has 2 N–H and O–H groups in total. The van der Waals surface area contributed by atoms with Crippen molar-refractivity contribution in [3.8, 4) is 0 Å². The summed E-state index contributed by atoms with van der Waals surface area (Å²) >= 11 is 0. The lowest BCUT2D eigenvalue weighted by Gasteiger charge is -2.13. The number of aromatic nitrogens is 4. The SMILES string of the molecule is [N-]=[N+]=Nc1ncnc2c1ncn2C1CC(O)C(CO)O1. The van der Waals surface area contributed by atoms with Crippen LogP contribution in [-0.4, -0.2) is 48.5 Å². The minimum atomic E-state index is -0.749. The molecule has 10 heteroatoms. The monoisotopic (exact) mass is 277 g/mol. The van der Waals surface area contributed by atoms with Gasteiger partial charge in [-0.25, -0.2) is 15.0 Å². The predicted molar refractivity (Wildman–Crippen MR) is 65.7 cm³/mol. The minimum absolute atomic E-state index is 0.133. The Hall–Kier alpha value is -2.26. The van der Waals surface area contributed by atoms with Crippen molar-refractivity contribution in [2.24, 2.45) is 5.11 Å². The van der Waals surface area contributed by atoms with Crippen molar-refractivity contribution in [3.63, 3.8) is 0 Å². The van der Waals surface area contributed by atoms with E-state index in [0.29, 0.717) is 17.6 Å². The summed E-state index contributed by atoms with van der Waals surface area (Å²) in [5, 5.41) is 22.3. The number of hydrogen-bond donors (Lipinski definition) is 2. The van der Waals surface area contributed by atoms with Crippen molar-refractivity contribution < 1.29 is 14.9 Å². The summed E-state index contributed by atoms with van der Waals surface area (Å²) in [6, 6.07) is 0. The summed E-state index contributed by atoms with van der Waals surface area (Å²) in [4.78, 5) is 14.7. The van der Waals surface area contributed by atoms with Gasteiger partial charge < -0.3 is 14.9 Å². The van der Waals surface area contributed by atoms with Gasteiger partial charge in [-0.2, -0.15) is 0 Å². The third-order valence-corrected chi connectivity index (χ3v) is 3.17. The van der Waals surface area contributed by atoms with Crippen molar-refractivity contribution in [2.75, 3.05) is 6.61 Å². The first-order valence-electron chi connectivity index (χ1n) is 5.91. The maximum Gasteiger partial charge on any atom is 0.165 e. The summed E-state index contributed by atoms with van der Waals surface area (Å²) in [7, 11) is 0. The fraction of sp³-hybridized carbons (Fsp3) is 0.500. The van der Waals surface area contributed by atoms with Crippen LogP contribution in [0.1, 0.15) is 12.6 Å². The van der Waals surface area contributed by atoms with Gasteiger partial charge in [0.2, 0.25) is 0 Å². The molecule has 2 aromatic heterocycles. The van der Waals surface area contributed by atoms with Gasteiger partial charge in [-0.3, -0.25) is 4.57 Å². The molecule has 0 amide bonds. The van der Waals surface area contributed by atoms with Crippen LogP contribution in [0.5, 0.6) is 0 Å². The molecule has 0 spiro atoms. The smallest absolute Gasteiger partial charge is 0.165 e.